The van der Waals surface area contributed by atoms with Gasteiger partial charge in [0.2, 0.25) is 0 Å². The van der Waals surface area contributed by atoms with Crippen molar-refractivity contribution < 1.29 is 13.7 Å². The Morgan fingerprint density at radius 3 is 2.92 bits per heavy atom. The lowest BCUT2D eigenvalue weighted by atomic mass is 9.90. The molecule has 1 amide bonds. The summed E-state index contributed by atoms with van der Waals surface area (Å²) in [7, 11) is 0. The first kappa shape index (κ1) is 16.9. The van der Waals surface area contributed by atoms with Crippen LogP contribution in [0.15, 0.2) is 22.7 Å². The van der Waals surface area contributed by atoms with Crippen molar-refractivity contribution in [1.29, 1.82) is 0 Å². The van der Waals surface area contributed by atoms with Crippen molar-refractivity contribution in [3.63, 3.8) is 0 Å². The molecule has 1 aliphatic rings. The number of benzene rings is 1. The van der Waals surface area contributed by atoms with Crippen molar-refractivity contribution in [2.24, 2.45) is 11.1 Å². The second kappa shape index (κ2) is 6.18. The maximum absolute atomic E-state index is 14.2. The molecule has 0 spiro atoms. The van der Waals surface area contributed by atoms with Gasteiger partial charge in [0.15, 0.2) is 0 Å². The molecular formula is C17H19ClFN3O2. The molecule has 0 radical (unpaired) electrons. The van der Waals surface area contributed by atoms with Gasteiger partial charge in [0.1, 0.15) is 22.8 Å². The number of likely N-dealkylation sites (tertiary alicyclic amines) is 1. The molecule has 2 N–H and O–H groups in total. The molecule has 1 atom stereocenters. The number of nitrogens with zero attached hydrogens (tertiary/aromatic N) is 2. The first-order valence-corrected chi connectivity index (χ1v) is 8.14. The van der Waals surface area contributed by atoms with Gasteiger partial charge in [-0.1, -0.05) is 29.7 Å². The van der Waals surface area contributed by atoms with Crippen LogP contribution in [0.25, 0.3) is 11.3 Å². The van der Waals surface area contributed by atoms with E-state index in [1.165, 1.54) is 12.1 Å². The van der Waals surface area contributed by atoms with E-state index >= 15 is 0 Å². The van der Waals surface area contributed by atoms with Crippen LogP contribution in [0.3, 0.4) is 0 Å². The van der Waals surface area contributed by atoms with Gasteiger partial charge >= 0.3 is 0 Å². The average Bonchev–Trinajstić information content (AvgIpc) is 3.11. The number of aromatic nitrogens is 1. The summed E-state index contributed by atoms with van der Waals surface area (Å²) in [6.45, 7) is 5.34. The SMILES string of the molecule is Cc1onc(-c2c(F)cccc2Cl)c1C(=O)N1CCC(C)(CN)C1. The highest BCUT2D eigenvalue weighted by molar-refractivity contribution is 6.33. The third-order valence-electron chi connectivity index (χ3n) is 4.61. The lowest BCUT2D eigenvalue weighted by molar-refractivity contribution is 0.0776. The number of carbonyl (C=O) groups is 1. The summed E-state index contributed by atoms with van der Waals surface area (Å²) in [6.07, 6.45) is 0.829. The van der Waals surface area contributed by atoms with E-state index < -0.39 is 5.82 Å². The topological polar surface area (TPSA) is 72.4 Å². The van der Waals surface area contributed by atoms with Crippen LogP contribution in [-0.4, -0.2) is 35.6 Å². The van der Waals surface area contributed by atoms with Crippen molar-refractivity contribution in [2.75, 3.05) is 19.6 Å². The Kier molecular flexibility index (Phi) is 4.36. The summed E-state index contributed by atoms with van der Waals surface area (Å²) < 4.78 is 19.4. The maximum atomic E-state index is 14.2. The van der Waals surface area contributed by atoms with Crippen LogP contribution < -0.4 is 5.73 Å². The first-order chi connectivity index (χ1) is 11.4. The van der Waals surface area contributed by atoms with Crippen LogP contribution in [0.4, 0.5) is 4.39 Å². The van der Waals surface area contributed by atoms with Crippen LogP contribution in [0.1, 0.15) is 29.5 Å². The summed E-state index contributed by atoms with van der Waals surface area (Å²) in [6, 6.07) is 4.34. The first-order valence-electron chi connectivity index (χ1n) is 7.76. The second-order valence-electron chi connectivity index (χ2n) is 6.55. The molecule has 0 aliphatic carbocycles. The number of hydrogen-bond acceptors (Lipinski definition) is 4. The Balaban J connectivity index is 2.01. The molecule has 0 bridgehead atoms. The number of nitrogens with two attached hydrogens (primary N) is 1. The fourth-order valence-electron chi connectivity index (χ4n) is 3.04. The Labute approximate surface area is 144 Å². The minimum atomic E-state index is -0.543. The summed E-state index contributed by atoms with van der Waals surface area (Å²) in [5, 5.41) is 4.07. The van der Waals surface area contributed by atoms with Gasteiger partial charge in [0, 0.05) is 13.1 Å². The van der Waals surface area contributed by atoms with Crippen LogP contribution in [-0.2, 0) is 0 Å². The maximum Gasteiger partial charge on any atom is 0.259 e. The van der Waals surface area contributed by atoms with E-state index in [-0.39, 0.29) is 33.2 Å². The number of hydrogen-bond donors (Lipinski definition) is 1. The predicted molar refractivity (Wildman–Crippen MR) is 89.3 cm³/mol. The molecule has 7 heteroatoms. The second-order valence-corrected chi connectivity index (χ2v) is 6.96. The summed E-state index contributed by atoms with van der Waals surface area (Å²) in [5.74, 6) is -0.436. The van der Waals surface area contributed by atoms with Crippen molar-refractivity contribution in [1.82, 2.24) is 10.1 Å². The molecule has 1 saturated heterocycles. The van der Waals surface area contributed by atoms with Crippen molar-refractivity contribution >= 4 is 17.5 Å². The van der Waals surface area contributed by atoms with Gasteiger partial charge in [-0.2, -0.15) is 0 Å². The molecular weight excluding hydrogens is 333 g/mol. The number of halogens is 2. The number of carbonyl (C=O) groups excluding carboxylic acids is 1. The minimum absolute atomic E-state index is 0.0835. The van der Waals surface area contributed by atoms with Gasteiger partial charge < -0.3 is 15.2 Å². The van der Waals surface area contributed by atoms with Gasteiger partial charge in [0.25, 0.3) is 5.91 Å². The number of amides is 1. The van der Waals surface area contributed by atoms with E-state index in [9.17, 15) is 9.18 Å². The zero-order chi connectivity index (χ0) is 17.5. The van der Waals surface area contributed by atoms with Crippen LogP contribution in [0.5, 0.6) is 0 Å². The van der Waals surface area contributed by atoms with Gasteiger partial charge in [-0.3, -0.25) is 4.79 Å². The lowest BCUT2D eigenvalue weighted by Gasteiger charge is -2.22. The Hall–Kier alpha value is -1.92. The Bertz CT molecular complexity index is 772. The van der Waals surface area contributed by atoms with Crippen molar-refractivity contribution in [2.45, 2.75) is 20.3 Å². The van der Waals surface area contributed by atoms with E-state index in [4.69, 9.17) is 21.9 Å². The summed E-state index contributed by atoms with van der Waals surface area (Å²) in [5.41, 5.74) is 6.18. The van der Waals surface area contributed by atoms with E-state index in [1.807, 2.05) is 0 Å². The van der Waals surface area contributed by atoms with E-state index in [1.54, 1.807) is 17.9 Å². The van der Waals surface area contributed by atoms with E-state index in [2.05, 4.69) is 12.1 Å². The molecule has 2 aromatic rings. The summed E-state index contributed by atoms with van der Waals surface area (Å²) >= 11 is 6.11. The number of rotatable bonds is 3. The zero-order valence-corrected chi connectivity index (χ0v) is 14.4. The average molecular weight is 352 g/mol. The standard InChI is InChI=1S/C17H19ClFN3O2/c1-10-13(16(23)22-7-6-17(2,8-20)9-22)15(21-24-10)14-11(18)4-3-5-12(14)19/h3-5H,6-9,20H2,1-2H3. The smallest absolute Gasteiger partial charge is 0.259 e. The summed E-state index contributed by atoms with van der Waals surface area (Å²) in [4.78, 5) is 14.7. The molecule has 1 aromatic heterocycles. The fourth-order valence-corrected chi connectivity index (χ4v) is 3.29. The number of aryl methyl sites for hydroxylation is 1. The van der Waals surface area contributed by atoms with Gasteiger partial charge in [-0.05, 0) is 37.4 Å². The Morgan fingerprint density at radius 1 is 1.54 bits per heavy atom. The highest BCUT2D eigenvalue weighted by atomic mass is 35.5. The van der Waals surface area contributed by atoms with Crippen LogP contribution >= 0.6 is 11.6 Å². The van der Waals surface area contributed by atoms with Gasteiger partial charge in [-0.25, -0.2) is 4.39 Å². The van der Waals surface area contributed by atoms with Crippen molar-refractivity contribution in [3.8, 4) is 11.3 Å². The normalized spacial score (nSPS) is 20.6. The molecule has 2 heterocycles. The molecule has 0 saturated carbocycles. The third-order valence-corrected chi connectivity index (χ3v) is 4.93. The molecule has 1 unspecified atom stereocenters. The fraction of sp³-hybridized carbons (Fsp3) is 0.412. The monoisotopic (exact) mass is 351 g/mol. The van der Waals surface area contributed by atoms with Crippen LogP contribution in [0.2, 0.25) is 5.02 Å². The minimum Gasteiger partial charge on any atom is -0.360 e. The molecule has 1 aromatic carbocycles. The highest BCUT2D eigenvalue weighted by Crippen LogP contribution is 2.36. The lowest BCUT2D eigenvalue weighted by Crippen LogP contribution is -2.34. The highest BCUT2D eigenvalue weighted by Gasteiger charge is 2.37. The quantitative estimate of drug-likeness (QED) is 0.921. The molecule has 128 valence electrons. The zero-order valence-electron chi connectivity index (χ0n) is 13.6. The molecule has 24 heavy (non-hydrogen) atoms. The third kappa shape index (κ3) is 2.80. The largest absolute Gasteiger partial charge is 0.360 e. The molecule has 3 rings (SSSR count). The van der Waals surface area contributed by atoms with E-state index in [0.717, 1.165) is 6.42 Å². The Morgan fingerprint density at radius 2 is 2.29 bits per heavy atom. The van der Waals surface area contributed by atoms with Gasteiger partial charge in [0.05, 0.1) is 10.6 Å². The predicted octanol–water partition coefficient (Wildman–Crippen LogP) is 3.25. The van der Waals surface area contributed by atoms with E-state index in [0.29, 0.717) is 25.4 Å². The molecule has 5 nitrogen and oxygen atoms in total. The van der Waals surface area contributed by atoms with Gasteiger partial charge in [-0.15, -0.1) is 0 Å². The van der Waals surface area contributed by atoms with Crippen molar-refractivity contribution in [3.05, 3.63) is 40.4 Å². The molecule has 1 fully saturated rings. The molecule has 1 aliphatic heterocycles. The van der Waals surface area contributed by atoms with Crippen LogP contribution in [0, 0.1) is 18.2 Å².